The first-order valence-electron chi connectivity index (χ1n) is 12.6. The summed E-state index contributed by atoms with van der Waals surface area (Å²) in [6.07, 6.45) is 3.41. The van der Waals surface area contributed by atoms with Crippen LogP contribution >= 0.6 is 0 Å². The highest BCUT2D eigenvalue weighted by Gasteiger charge is 2.34. The summed E-state index contributed by atoms with van der Waals surface area (Å²) in [7, 11) is 2.11. The molecule has 35 heavy (non-hydrogen) atoms. The number of hydrogen-bond acceptors (Lipinski definition) is 4. The van der Waals surface area contributed by atoms with E-state index in [-0.39, 0.29) is 5.91 Å². The predicted molar refractivity (Wildman–Crippen MR) is 138 cm³/mol. The number of amides is 2. The summed E-state index contributed by atoms with van der Waals surface area (Å²) in [5.41, 5.74) is 7.89. The monoisotopic (exact) mass is 480 g/mol. The summed E-state index contributed by atoms with van der Waals surface area (Å²) in [5, 5.41) is 0. The molecule has 4 rings (SSSR count). The van der Waals surface area contributed by atoms with Crippen LogP contribution in [0.25, 0.3) is 11.1 Å². The molecular formula is C28H37FN4O2. The SMILES string of the molecule is CN(c1ccc(-c2ccccc2C(=O)N2CCC[C@H]2C(N)=O)cc1)C1CCN(CC(C)(C)F)CC1. The Morgan fingerprint density at radius 3 is 2.31 bits per heavy atom. The molecule has 2 heterocycles. The molecular weight excluding hydrogens is 443 g/mol. The number of alkyl halides is 1. The summed E-state index contributed by atoms with van der Waals surface area (Å²) in [6, 6.07) is 15.7. The van der Waals surface area contributed by atoms with Gasteiger partial charge in [-0.3, -0.25) is 9.59 Å². The topological polar surface area (TPSA) is 69.9 Å². The van der Waals surface area contributed by atoms with Crippen LogP contribution in [0.2, 0.25) is 0 Å². The lowest BCUT2D eigenvalue weighted by Gasteiger charge is -2.39. The zero-order valence-electron chi connectivity index (χ0n) is 21.0. The number of piperidine rings is 1. The predicted octanol–water partition coefficient (Wildman–Crippen LogP) is 4.09. The highest BCUT2D eigenvalue weighted by Crippen LogP contribution is 2.30. The molecule has 1 atom stereocenters. The van der Waals surface area contributed by atoms with Crippen molar-refractivity contribution in [2.45, 2.75) is 57.3 Å². The van der Waals surface area contributed by atoms with Gasteiger partial charge in [-0.15, -0.1) is 0 Å². The van der Waals surface area contributed by atoms with Crippen LogP contribution in [0, 0.1) is 0 Å². The second kappa shape index (κ2) is 10.4. The van der Waals surface area contributed by atoms with E-state index in [0.29, 0.717) is 31.1 Å². The van der Waals surface area contributed by atoms with E-state index < -0.39 is 17.6 Å². The standard InChI is InChI=1S/C28H37FN4O2/c1-28(2,29)19-32-17-14-22(15-18-32)31(3)21-12-10-20(11-13-21)23-7-4-5-8-24(23)27(35)33-16-6-9-25(33)26(30)34/h4-5,7-8,10-13,22,25H,6,9,14-19H2,1-3H3,(H2,30,34)/t25-/m0/s1. The van der Waals surface area contributed by atoms with E-state index in [1.807, 2.05) is 36.4 Å². The zero-order chi connectivity index (χ0) is 25.2. The Morgan fingerprint density at radius 2 is 1.69 bits per heavy atom. The molecule has 2 amide bonds. The fourth-order valence-electron chi connectivity index (χ4n) is 5.47. The summed E-state index contributed by atoms with van der Waals surface area (Å²) < 4.78 is 14.0. The van der Waals surface area contributed by atoms with Crippen molar-refractivity contribution < 1.29 is 14.0 Å². The number of nitrogens with zero attached hydrogens (tertiary/aromatic N) is 3. The van der Waals surface area contributed by atoms with Crippen LogP contribution in [0.1, 0.15) is 49.9 Å². The van der Waals surface area contributed by atoms with Crippen molar-refractivity contribution in [2.24, 2.45) is 5.73 Å². The van der Waals surface area contributed by atoms with Crippen molar-refractivity contribution in [1.29, 1.82) is 0 Å². The average Bonchev–Trinajstić information content (AvgIpc) is 3.33. The lowest BCUT2D eigenvalue weighted by Crippen LogP contribution is -2.46. The van der Waals surface area contributed by atoms with E-state index in [1.165, 1.54) is 0 Å². The fraction of sp³-hybridized carbons (Fsp3) is 0.500. The Labute approximate surface area is 207 Å². The van der Waals surface area contributed by atoms with E-state index in [4.69, 9.17) is 5.73 Å². The second-order valence-electron chi connectivity index (χ2n) is 10.5. The molecule has 2 saturated heterocycles. The van der Waals surface area contributed by atoms with Gasteiger partial charge in [0.1, 0.15) is 11.7 Å². The third-order valence-electron chi connectivity index (χ3n) is 7.29. The van der Waals surface area contributed by atoms with Gasteiger partial charge in [0.25, 0.3) is 5.91 Å². The van der Waals surface area contributed by atoms with Gasteiger partial charge in [0.05, 0.1) is 0 Å². The van der Waals surface area contributed by atoms with E-state index in [1.54, 1.807) is 18.7 Å². The summed E-state index contributed by atoms with van der Waals surface area (Å²) in [6.45, 7) is 6.11. The molecule has 0 spiro atoms. The van der Waals surface area contributed by atoms with Crippen molar-refractivity contribution >= 4 is 17.5 Å². The molecule has 0 radical (unpaired) electrons. The number of benzene rings is 2. The molecule has 0 saturated carbocycles. The molecule has 188 valence electrons. The van der Waals surface area contributed by atoms with Gasteiger partial charge in [0, 0.05) is 50.5 Å². The number of nitrogens with two attached hydrogens (primary N) is 1. The maximum Gasteiger partial charge on any atom is 0.255 e. The summed E-state index contributed by atoms with van der Waals surface area (Å²) in [4.78, 5) is 31.3. The Hall–Kier alpha value is -2.93. The highest BCUT2D eigenvalue weighted by molar-refractivity contribution is 6.03. The highest BCUT2D eigenvalue weighted by atomic mass is 19.1. The van der Waals surface area contributed by atoms with Gasteiger partial charge in [0.15, 0.2) is 0 Å². The summed E-state index contributed by atoms with van der Waals surface area (Å²) in [5.74, 6) is -0.591. The maximum absolute atomic E-state index is 14.0. The molecule has 6 nitrogen and oxygen atoms in total. The summed E-state index contributed by atoms with van der Waals surface area (Å²) >= 11 is 0. The molecule has 2 fully saturated rings. The lowest BCUT2D eigenvalue weighted by molar-refractivity contribution is -0.121. The minimum absolute atomic E-state index is 0.147. The average molecular weight is 481 g/mol. The number of primary amides is 1. The number of halogens is 1. The van der Waals surface area contributed by atoms with Gasteiger partial charge < -0.3 is 20.4 Å². The Balaban J connectivity index is 1.46. The first-order valence-corrected chi connectivity index (χ1v) is 12.6. The van der Waals surface area contributed by atoms with Crippen LogP contribution in [-0.2, 0) is 4.79 Å². The van der Waals surface area contributed by atoms with E-state index >= 15 is 0 Å². The minimum atomic E-state index is -1.16. The third-order valence-corrected chi connectivity index (χ3v) is 7.29. The molecule has 2 N–H and O–H groups in total. The van der Waals surface area contributed by atoms with Crippen LogP contribution in [0.5, 0.6) is 0 Å². The number of anilines is 1. The third kappa shape index (κ3) is 5.84. The number of likely N-dealkylation sites (tertiary alicyclic amines) is 2. The number of carbonyl (C=O) groups excluding carboxylic acids is 2. The molecule has 2 aliphatic rings. The quantitative estimate of drug-likeness (QED) is 0.648. The van der Waals surface area contributed by atoms with Crippen molar-refractivity contribution in [3.8, 4) is 11.1 Å². The Kier molecular flexibility index (Phi) is 7.45. The van der Waals surface area contributed by atoms with Gasteiger partial charge in [0.2, 0.25) is 5.91 Å². The van der Waals surface area contributed by atoms with Crippen LogP contribution in [-0.4, -0.2) is 72.6 Å². The molecule has 0 aromatic heterocycles. The van der Waals surface area contributed by atoms with Gasteiger partial charge in [-0.25, -0.2) is 4.39 Å². The minimum Gasteiger partial charge on any atom is -0.372 e. The molecule has 0 bridgehead atoms. The van der Waals surface area contributed by atoms with Gasteiger partial charge in [-0.2, -0.15) is 0 Å². The van der Waals surface area contributed by atoms with Crippen LogP contribution < -0.4 is 10.6 Å². The first-order chi connectivity index (χ1) is 16.6. The molecule has 0 aliphatic carbocycles. The zero-order valence-corrected chi connectivity index (χ0v) is 21.0. The first kappa shape index (κ1) is 25.2. The van der Waals surface area contributed by atoms with Crippen LogP contribution in [0.3, 0.4) is 0 Å². The molecule has 2 aromatic rings. The van der Waals surface area contributed by atoms with E-state index in [0.717, 1.165) is 49.2 Å². The number of rotatable bonds is 7. The van der Waals surface area contributed by atoms with Gasteiger partial charge >= 0.3 is 0 Å². The molecule has 2 aromatic carbocycles. The van der Waals surface area contributed by atoms with Crippen LogP contribution in [0.4, 0.5) is 10.1 Å². The maximum atomic E-state index is 14.0. The fourth-order valence-corrected chi connectivity index (χ4v) is 5.47. The smallest absolute Gasteiger partial charge is 0.255 e. The van der Waals surface area contributed by atoms with Crippen molar-refractivity contribution in [3.05, 3.63) is 54.1 Å². The van der Waals surface area contributed by atoms with Crippen LogP contribution in [0.15, 0.2) is 48.5 Å². The molecule has 0 unspecified atom stereocenters. The largest absolute Gasteiger partial charge is 0.372 e. The Bertz CT molecular complexity index is 1040. The number of hydrogen-bond donors (Lipinski definition) is 1. The lowest BCUT2D eigenvalue weighted by atomic mass is 9.97. The second-order valence-corrected chi connectivity index (χ2v) is 10.5. The van der Waals surface area contributed by atoms with E-state index in [2.05, 4.69) is 29.0 Å². The normalized spacial score (nSPS) is 19.7. The van der Waals surface area contributed by atoms with Crippen molar-refractivity contribution in [2.75, 3.05) is 38.1 Å². The molecule has 2 aliphatic heterocycles. The van der Waals surface area contributed by atoms with Crippen molar-refractivity contribution in [1.82, 2.24) is 9.80 Å². The molecule has 7 heteroatoms. The number of carbonyl (C=O) groups is 2. The van der Waals surface area contributed by atoms with Gasteiger partial charge in [-0.05, 0) is 68.9 Å². The van der Waals surface area contributed by atoms with E-state index in [9.17, 15) is 14.0 Å². The van der Waals surface area contributed by atoms with Gasteiger partial charge in [-0.1, -0.05) is 30.3 Å². The Morgan fingerprint density at radius 1 is 1.03 bits per heavy atom. The van der Waals surface area contributed by atoms with Crippen molar-refractivity contribution in [3.63, 3.8) is 0 Å².